The maximum Gasteiger partial charge on any atom is 0.263 e. The van der Waals surface area contributed by atoms with Gasteiger partial charge in [-0.15, -0.1) is 11.3 Å². The lowest BCUT2D eigenvalue weighted by Crippen LogP contribution is -2.57. The Bertz CT molecular complexity index is 458. The number of piperidine rings is 1. The van der Waals surface area contributed by atoms with E-state index in [0.717, 1.165) is 43.8 Å². The summed E-state index contributed by atoms with van der Waals surface area (Å²) < 4.78 is 11.4. The van der Waals surface area contributed by atoms with E-state index in [9.17, 15) is 4.79 Å². The van der Waals surface area contributed by atoms with Gasteiger partial charge < -0.3 is 14.4 Å². The molecule has 2 fully saturated rings. The van der Waals surface area contributed by atoms with Crippen LogP contribution in [0.25, 0.3) is 0 Å². The molecule has 2 aliphatic heterocycles. The fourth-order valence-electron chi connectivity index (χ4n) is 3.52. The first-order valence-corrected chi connectivity index (χ1v) is 8.06. The summed E-state index contributed by atoms with van der Waals surface area (Å²) in [6.45, 7) is 3.05. The van der Waals surface area contributed by atoms with Crippen molar-refractivity contribution in [2.45, 2.75) is 25.4 Å². The molecule has 20 heavy (non-hydrogen) atoms. The second kappa shape index (κ2) is 5.84. The molecule has 110 valence electrons. The third-order valence-electron chi connectivity index (χ3n) is 4.44. The molecule has 0 N–H and O–H groups in total. The maximum atomic E-state index is 12.5. The number of likely N-dealkylation sites (tertiary alicyclic amines) is 1. The topological polar surface area (TPSA) is 38.8 Å². The van der Waals surface area contributed by atoms with Gasteiger partial charge in [0.25, 0.3) is 5.91 Å². The van der Waals surface area contributed by atoms with Crippen LogP contribution in [0.5, 0.6) is 0 Å². The van der Waals surface area contributed by atoms with Crippen molar-refractivity contribution in [1.82, 2.24) is 4.90 Å². The van der Waals surface area contributed by atoms with Crippen molar-refractivity contribution >= 4 is 17.2 Å². The zero-order valence-corrected chi connectivity index (χ0v) is 12.7. The molecule has 2 aliphatic rings. The van der Waals surface area contributed by atoms with Gasteiger partial charge in [-0.1, -0.05) is 6.07 Å². The van der Waals surface area contributed by atoms with Gasteiger partial charge in [0.15, 0.2) is 0 Å². The summed E-state index contributed by atoms with van der Waals surface area (Å²) in [7, 11) is 1.74. The summed E-state index contributed by atoms with van der Waals surface area (Å²) in [5.74, 6) is 0.152. The number of thiophene rings is 1. The number of rotatable bonds is 3. The Morgan fingerprint density at radius 1 is 1.65 bits per heavy atom. The summed E-state index contributed by atoms with van der Waals surface area (Å²) in [5.41, 5.74) is -0.0157. The molecule has 5 heteroatoms. The van der Waals surface area contributed by atoms with Gasteiger partial charge in [0, 0.05) is 32.2 Å². The first-order chi connectivity index (χ1) is 9.75. The van der Waals surface area contributed by atoms with Gasteiger partial charge in [-0.05, 0) is 30.7 Å². The van der Waals surface area contributed by atoms with Crippen LogP contribution in [0.3, 0.4) is 0 Å². The molecule has 0 aliphatic carbocycles. The van der Waals surface area contributed by atoms with Crippen LogP contribution in [0.2, 0.25) is 0 Å². The summed E-state index contributed by atoms with van der Waals surface area (Å²) in [5, 5.41) is 1.95. The van der Waals surface area contributed by atoms with Crippen LogP contribution in [0.1, 0.15) is 28.9 Å². The van der Waals surface area contributed by atoms with E-state index in [-0.39, 0.29) is 17.4 Å². The van der Waals surface area contributed by atoms with Crippen LogP contribution in [-0.2, 0) is 9.47 Å². The lowest BCUT2D eigenvalue weighted by Gasteiger charge is -2.50. The van der Waals surface area contributed by atoms with E-state index in [1.807, 2.05) is 22.4 Å². The quantitative estimate of drug-likeness (QED) is 0.859. The van der Waals surface area contributed by atoms with E-state index < -0.39 is 0 Å². The first kappa shape index (κ1) is 14.0. The highest BCUT2D eigenvalue weighted by Gasteiger charge is 2.47. The van der Waals surface area contributed by atoms with Gasteiger partial charge in [-0.25, -0.2) is 0 Å². The Labute approximate surface area is 123 Å². The van der Waals surface area contributed by atoms with Gasteiger partial charge in [-0.2, -0.15) is 0 Å². The number of fused-ring (bicyclic) bond motifs is 1. The number of amides is 1. The van der Waals surface area contributed by atoms with Crippen molar-refractivity contribution in [2.75, 3.05) is 33.4 Å². The Hall–Kier alpha value is -0.910. The highest BCUT2D eigenvalue weighted by Crippen LogP contribution is 2.40. The highest BCUT2D eigenvalue weighted by atomic mass is 32.1. The number of carbonyl (C=O) groups is 1. The lowest BCUT2D eigenvalue weighted by molar-refractivity contribution is -0.142. The van der Waals surface area contributed by atoms with Gasteiger partial charge in [0.1, 0.15) is 0 Å². The molecule has 3 rings (SSSR count). The van der Waals surface area contributed by atoms with Gasteiger partial charge in [0.05, 0.1) is 17.6 Å². The fraction of sp³-hybridized carbons (Fsp3) is 0.667. The van der Waals surface area contributed by atoms with E-state index in [1.54, 1.807) is 7.11 Å². The molecular formula is C15H21NO3S. The smallest absolute Gasteiger partial charge is 0.263 e. The van der Waals surface area contributed by atoms with Crippen molar-refractivity contribution in [2.24, 2.45) is 5.41 Å². The third kappa shape index (κ3) is 2.50. The molecule has 3 heterocycles. The normalized spacial score (nSPS) is 30.1. The molecule has 0 radical (unpaired) electrons. The minimum Gasteiger partial charge on any atom is -0.384 e. The largest absolute Gasteiger partial charge is 0.384 e. The standard InChI is InChI=1S/C15H21NO3S/c1-18-11-15-6-3-8-19-13(15)5-7-16(10-15)14(17)12-4-2-9-20-12/h2,4,9,13H,3,5-8,10-11H2,1H3/t13-,15+/m0/s1. The Kier molecular flexibility index (Phi) is 4.10. The average Bonchev–Trinajstić information content (AvgIpc) is 3.00. The summed E-state index contributed by atoms with van der Waals surface area (Å²) in [6, 6.07) is 3.83. The Morgan fingerprint density at radius 2 is 2.55 bits per heavy atom. The number of ether oxygens (including phenoxy) is 2. The van der Waals surface area contributed by atoms with Crippen LogP contribution in [-0.4, -0.2) is 50.3 Å². The third-order valence-corrected chi connectivity index (χ3v) is 5.30. The van der Waals surface area contributed by atoms with Crippen molar-refractivity contribution in [3.63, 3.8) is 0 Å². The van der Waals surface area contributed by atoms with Crippen molar-refractivity contribution in [3.05, 3.63) is 22.4 Å². The predicted molar refractivity (Wildman–Crippen MR) is 78.1 cm³/mol. The number of carbonyl (C=O) groups excluding carboxylic acids is 1. The molecule has 1 aromatic heterocycles. The Morgan fingerprint density at radius 3 is 3.30 bits per heavy atom. The Balaban J connectivity index is 1.77. The van der Waals surface area contributed by atoms with E-state index in [4.69, 9.17) is 9.47 Å². The molecule has 0 unspecified atom stereocenters. The van der Waals surface area contributed by atoms with E-state index in [0.29, 0.717) is 6.61 Å². The molecule has 1 aromatic rings. The van der Waals surface area contributed by atoms with Crippen molar-refractivity contribution in [3.8, 4) is 0 Å². The predicted octanol–water partition coefficient (Wildman–Crippen LogP) is 2.41. The molecule has 0 aromatic carbocycles. The van der Waals surface area contributed by atoms with Crippen LogP contribution in [0.4, 0.5) is 0 Å². The molecule has 2 saturated heterocycles. The number of methoxy groups -OCH3 is 1. The van der Waals surface area contributed by atoms with E-state index in [1.165, 1.54) is 11.3 Å². The SMILES string of the molecule is COC[C@]12CCCO[C@H]1CCN(C(=O)c1cccs1)C2. The lowest BCUT2D eigenvalue weighted by atomic mass is 9.73. The molecular weight excluding hydrogens is 274 g/mol. The van der Waals surface area contributed by atoms with Crippen molar-refractivity contribution in [1.29, 1.82) is 0 Å². The van der Waals surface area contributed by atoms with Crippen LogP contribution in [0, 0.1) is 5.41 Å². The van der Waals surface area contributed by atoms with Crippen molar-refractivity contribution < 1.29 is 14.3 Å². The summed E-state index contributed by atoms with van der Waals surface area (Å²) in [4.78, 5) is 15.3. The molecule has 0 saturated carbocycles. The highest BCUT2D eigenvalue weighted by molar-refractivity contribution is 7.12. The van der Waals surface area contributed by atoms with Crippen LogP contribution < -0.4 is 0 Å². The monoisotopic (exact) mass is 295 g/mol. The van der Waals surface area contributed by atoms with Crippen LogP contribution >= 0.6 is 11.3 Å². The maximum absolute atomic E-state index is 12.5. The second-order valence-corrected chi connectivity index (χ2v) is 6.70. The van der Waals surface area contributed by atoms with E-state index >= 15 is 0 Å². The van der Waals surface area contributed by atoms with Gasteiger partial charge >= 0.3 is 0 Å². The number of nitrogens with zero attached hydrogens (tertiary/aromatic N) is 1. The van der Waals surface area contributed by atoms with Crippen LogP contribution in [0.15, 0.2) is 17.5 Å². The van der Waals surface area contributed by atoms with Gasteiger partial charge in [-0.3, -0.25) is 4.79 Å². The summed E-state index contributed by atoms with van der Waals surface area (Å²) >= 11 is 1.51. The zero-order chi connectivity index (χ0) is 14.0. The second-order valence-electron chi connectivity index (χ2n) is 5.75. The summed E-state index contributed by atoms with van der Waals surface area (Å²) in [6.07, 6.45) is 3.30. The minimum absolute atomic E-state index is 0.0157. The molecule has 0 spiro atoms. The first-order valence-electron chi connectivity index (χ1n) is 7.18. The molecule has 2 atom stereocenters. The average molecular weight is 295 g/mol. The molecule has 0 bridgehead atoms. The number of hydrogen-bond acceptors (Lipinski definition) is 4. The van der Waals surface area contributed by atoms with E-state index in [2.05, 4.69) is 0 Å². The number of hydrogen-bond donors (Lipinski definition) is 0. The van der Waals surface area contributed by atoms with Gasteiger partial charge in [0.2, 0.25) is 0 Å². The molecule has 4 nitrogen and oxygen atoms in total. The minimum atomic E-state index is -0.0157. The zero-order valence-electron chi connectivity index (χ0n) is 11.8. The fourth-order valence-corrected chi connectivity index (χ4v) is 4.21. The molecule has 1 amide bonds.